The molecule has 0 saturated carbocycles. The molecular formula is C9H23NO2. The normalized spacial score (nSPS) is 7.25. The van der Waals surface area contributed by atoms with E-state index < -0.39 is 6.09 Å². The predicted molar refractivity (Wildman–Crippen MR) is 53.6 cm³/mol. The van der Waals surface area contributed by atoms with Gasteiger partial charge < -0.3 is 10.4 Å². The SMILES string of the molecule is CC.CC.CC(C)CNC(=O)O. The summed E-state index contributed by atoms with van der Waals surface area (Å²) in [6.45, 7) is 12.4. The fourth-order valence-electron chi connectivity index (χ4n) is 0.291. The van der Waals surface area contributed by atoms with Crippen LogP contribution in [0.4, 0.5) is 4.79 Å². The molecule has 0 atom stereocenters. The van der Waals surface area contributed by atoms with Gasteiger partial charge in [0.15, 0.2) is 0 Å². The van der Waals surface area contributed by atoms with Gasteiger partial charge in [-0.3, -0.25) is 0 Å². The Balaban J connectivity index is -0.000000175. The lowest BCUT2D eigenvalue weighted by Crippen LogP contribution is -2.24. The number of hydrogen-bond acceptors (Lipinski definition) is 1. The van der Waals surface area contributed by atoms with Crippen LogP contribution in [0.15, 0.2) is 0 Å². The lowest BCUT2D eigenvalue weighted by atomic mass is 10.2. The van der Waals surface area contributed by atoms with Crippen LogP contribution in [0.1, 0.15) is 41.5 Å². The fourth-order valence-corrected chi connectivity index (χ4v) is 0.291. The molecule has 76 valence electrons. The van der Waals surface area contributed by atoms with Gasteiger partial charge >= 0.3 is 6.09 Å². The zero-order valence-electron chi connectivity index (χ0n) is 9.14. The molecule has 12 heavy (non-hydrogen) atoms. The zero-order chi connectivity index (χ0) is 10.6. The Morgan fingerprint density at radius 2 is 1.58 bits per heavy atom. The molecule has 0 saturated heterocycles. The Labute approximate surface area is 76.2 Å². The van der Waals surface area contributed by atoms with Gasteiger partial charge in [-0.15, -0.1) is 0 Å². The number of nitrogens with one attached hydrogen (secondary N) is 1. The molecule has 2 N–H and O–H groups in total. The fraction of sp³-hybridized carbons (Fsp3) is 0.889. The maximum absolute atomic E-state index is 9.79. The van der Waals surface area contributed by atoms with Crippen molar-refractivity contribution in [1.29, 1.82) is 0 Å². The molecule has 3 nitrogen and oxygen atoms in total. The highest BCUT2D eigenvalue weighted by atomic mass is 16.4. The molecule has 0 aromatic carbocycles. The van der Waals surface area contributed by atoms with Crippen molar-refractivity contribution >= 4 is 6.09 Å². The first-order valence-corrected chi connectivity index (χ1v) is 4.59. The first-order chi connectivity index (χ1) is 5.63. The van der Waals surface area contributed by atoms with Gasteiger partial charge in [-0.1, -0.05) is 41.5 Å². The van der Waals surface area contributed by atoms with Crippen LogP contribution in [-0.4, -0.2) is 17.7 Å². The molecule has 0 bridgehead atoms. The highest BCUT2D eigenvalue weighted by molar-refractivity contribution is 5.64. The lowest BCUT2D eigenvalue weighted by Gasteiger charge is -2.01. The van der Waals surface area contributed by atoms with Gasteiger partial charge in [0.1, 0.15) is 0 Å². The summed E-state index contributed by atoms with van der Waals surface area (Å²) >= 11 is 0. The van der Waals surface area contributed by atoms with E-state index in [1.165, 1.54) is 0 Å². The highest BCUT2D eigenvalue weighted by Crippen LogP contribution is 1.85. The lowest BCUT2D eigenvalue weighted by molar-refractivity contribution is 0.193. The maximum Gasteiger partial charge on any atom is 0.404 e. The number of hydrogen-bond donors (Lipinski definition) is 2. The summed E-state index contributed by atoms with van der Waals surface area (Å²) in [5, 5.41) is 10.3. The second-order valence-corrected chi connectivity index (χ2v) is 2.08. The van der Waals surface area contributed by atoms with Crippen LogP contribution in [0.2, 0.25) is 0 Å². The molecule has 0 aromatic heterocycles. The largest absolute Gasteiger partial charge is 0.465 e. The first kappa shape index (κ1) is 17.4. The Morgan fingerprint density at radius 1 is 1.25 bits per heavy atom. The van der Waals surface area contributed by atoms with Crippen LogP contribution in [0.5, 0.6) is 0 Å². The van der Waals surface area contributed by atoms with E-state index >= 15 is 0 Å². The van der Waals surface area contributed by atoms with Gasteiger partial charge in [-0.2, -0.15) is 0 Å². The van der Waals surface area contributed by atoms with E-state index in [2.05, 4.69) is 5.32 Å². The van der Waals surface area contributed by atoms with Gasteiger partial charge in [-0.05, 0) is 5.92 Å². The molecule has 0 unspecified atom stereocenters. The predicted octanol–water partition coefficient (Wildman–Crippen LogP) is 2.96. The van der Waals surface area contributed by atoms with E-state index in [-0.39, 0.29) is 0 Å². The first-order valence-electron chi connectivity index (χ1n) is 4.59. The molecule has 0 aromatic rings. The maximum atomic E-state index is 9.79. The second kappa shape index (κ2) is 16.7. The van der Waals surface area contributed by atoms with Crippen molar-refractivity contribution in [1.82, 2.24) is 5.32 Å². The van der Waals surface area contributed by atoms with Gasteiger partial charge in [-0.25, -0.2) is 4.79 Å². The van der Waals surface area contributed by atoms with Gasteiger partial charge in [0.25, 0.3) is 0 Å². The van der Waals surface area contributed by atoms with Crippen LogP contribution in [0.3, 0.4) is 0 Å². The average Bonchev–Trinajstić information content (AvgIpc) is 2.08. The summed E-state index contributed by atoms with van der Waals surface area (Å²) < 4.78 is 0. The van der Waals surface area contributed by atoms with Crippen molar-refractivity contribution < 1.29 is 9.90 Å². The number of carbonyl (C=O) groups is 1. The van der Waals surface area contributed by atoms with E-state index in [4.69, 9.17) is 5.11 Å². The van der Waals surface area contributed by atoms with Gasteiger partial charge in [0, 0.05) is 6.54 Å². The summed E-state index contributed by atoms with van der Waals surface area (Å²) in [4.78, 5) is 9.79. The third-order valence-electron chi connectivity index (χ3n) is 0.662. The van der Waals surface area contributed by atoms with E-state index in [1.807, 2.05) is 41.5 Å². The smallest absolute Gasteiger partial charge is 0.404 e. The summed E-state index contributed by atoms with van der Waals surface area (Å²) in [5.74, 6) is 0.395. The molecule has 0 heterocycles. The monoisotopic (exact) mass is 177 g/mol. The van der Waals surface area contributed by atoms with E-state index in [0.717, 1.165) is 0 Å². The summed E-state index contributed by atoms with van der Waals surface area (Å²) in [6.07, 6.45) is -0.946. The van der Waals surface area contributed by atoms with E-state index in [9.17, 15) is 4.79 Å². The molecular weight excluding hydrogens is 154 g/mol. The molecule has 3 heteroatoms. The molecule has 0 radical (unpaired) electrons. The van der Waals surface area contributed by atoms with Crippen LogP contribution in [-0.2, 0) is 0 Å². The Kier molecular flexibility index (Phi) is 24.2. The standard InChI is InChI=1S/C5H11NO2.2C2H6/c1-4(2)3-6-5(7)8;2*1-2/h4,6H,3H2,1-2H3,(H,7,8);2*1-2H3. The zero-order valence-corrected chi connectivity index (χ0v) is 9.14. The average molecular weight is 177 g/mol. The Bertz CT molecular complexity index is 82.6. The van der Waals surface area contributed by atoms with Crippen LogP contribution in [0, 0.1) is 5.92 Å². The van der Waals surface area contributed by atoms with Crippen molar-refractivity contribution in [2.75, 3.05) is 6.54 Å². The third kappa shape index (κ3) is 34.8. The Morgan fingerprint density at radius 3 is 1.67 bits per heavy atom. The topological polar surface area (TPSA) is 49.3 Å². The minimum Gasteiger partial charge on any atom is -0.465 e. The van der Waals surface area contributed by atoms with Crippen molar-refractivity contribution in [3.8, 4) is 0 Å². The molecule has 0 rings (SSSR count). The molecule has 0 spiro atoms. The van der Waals surface area contributed by atoms with E-state index in [1.54, 1.807) is 0 Å². The number of amides is 1. The molecule has 0 aliphatic heterocycles. The van der Waals surface area contributed by atoms with Crippen LogP contribution >= 0.6 is 0 Å². The van der Waals surface area contributed by atoms with E-state index in [0.29, 0.717) is 12.5 Å². The van der Waals surface area contributed by atoms with Gasteiger partial charge in [0.05, 0.1) is 0 Å². The third-order valence-corrected chi connectivity index (χ3v) is 0.662. The van der Waals surface area contributed by atoms with Crippen molar-refractivity contribution in [2.24, 2.45) is 5.92 Å². The van der Waals surface area contributed by atoms with Crippen molar-refractivity contribution in [3.63, 3.8) is 0 Å². The second-order valence-electron chi connectivity index (χ2n) is 2.08. The highest BCUT2D eigenvalue weighted by Gasteiger charge is 1.94. The molecule has 0 aliphatic carbocycles. The minimum absolute atomic E-state index is 0.395. The van der Waals surface area contributed by atoms with Crippen molar-refractivity contribution in [2.45, 2.75) is 41.5 Å². The number of rotatable bonds is 2. The quantitative estimate of drug-likeness (QED) is 0.681. The van der Waals surface area contributed by atoms with Crippen LogP contribution in [0.25, 0.3) is 0 Å². The summed E-state index contributed by atoms with van der Waals surface area (Å²) in [6, 6.07) is 0. The Hall–Kier alpha value is -0.730. The summed E-state index contributed by atoms with van der Waals surface area (Å²) in [5.41, 5.74) is 0. The van der Waals surface area contributed by atoms with Gasteiger partial charge in [0.2, 0.25) is 0 Å². The summed E-state index contributed by atoms with van der Waals surface area (Å²) in [7, 11) is 0. The van der Waals surface area contributed by atoms with Crippen molar-refractivity contribution in [3.05, 3.63) is 0 Å². The number of carboxylic acid groups (broad SMARTS) is 1. The molecule has 1 amide bonds. The minimum atomic E-state index is -0.946. The molecule has 0 fully saturated rings. The molecule has 0 aliphatic rings. The van der Waals surface area contributed by atoms with Crippen LogP contribution < -0.4 is 5.32 Å².